The summed E-state index contributed by atoms with van der Waals surface area (Å²) < 4.78 is 0. The van der Waals surface area contributed by atoms with Gasteiger partial charge in [-0.15, -0.1) is 5.10 Å². The number of rotatable bonds is 4. The highest BCUT2D eigenvalue weighted by molar-refractivity contribution is 5.90. The first-order valence-electron chi connectivity index (χ1n) is 4.64. The topological polar surface area (TPSA) is 117 Å². The minimum absolute atomic E-state index is 0.0187. The number of nitrogens with two attached hydrogens (primary N) is 1. The molecule has 0 bridgehead atoms. The molecule has 7 nitrogen and oxygen atoms in total. The molecule has 1 aromatic rings. The summed E-state index contributed by atoms with van der Waals surface area (Å²) in [5.41, 5.74) is 5.26. The Labute approximate surface area is 87.1 Å². The van der Waals surface area contributed by atoms with Gasteiger partial charge in [0, 0.05) is 0 Å². The zero-order valence-electron chi connectivity index (χ0n) is 8.69. The molecule has 0 aliphatic heterocycles. The van der Waals surface area contributed by atoms with Crippen molar-refractivity contribution in [1.82, 2.24) is 20.5 Å². The van der Waals surface area contributed by atoms with Crippen LogP contribution in [0, 0.1) is 5.92 Å². The first-order valence-corrected chi connectivity index (χ1v) is 4.64. The van der Waals surface area contributed by atoms with Gasteiger partial charge in [-0.05, 0) is 5.92 Å². The standard InChI is InChI=1S/C8H15N5O2/c1-4(2)5(3-14)10-7(15)6-11-8(9)13-12-6/h4-5,14H,3H2,1-2H3,(H,10,15)(H3,9,11,12,13)/t5-/m1/s1. The van der Waals surface area contributed by atoms with Gasteiger partial charge in [0.25, 0.3) is 5.91 Å². The zero-order chi connectivity index (χ0) is 11.4. The molecule has 0 aliphatic rings. The number of aliphatic hydroxyl groups is 1. The van der Waals surface area contributed by atoms with Crippen molar-refractivity contribution < 1.29 is 9.90 Å². The van der Waals surface area contributed by atoms with Gasteiger partial charge in [0.15, 0.2) is 0 Å². The zero-order valence-corrected chi connectivity index (χ0v) is 8.69. The van der Waals surface area contributed by atoms with Gasteiger partial charge in [0.1, 0.15) is 0 Å². The molecule has 1 atom stereocenters. The number of anilines is 1. The number of hydrogen-bond donors (Lipinski definition) is 4. The molecule has 7 heteroatoms. The molecule has 0 fully saturated rings. The minimum atomic E-state index is -0.424. The van der Waals surface area contributed by atoms with Crippen molar-refractivity contribution in [3.05, 3.63) is 5.82 Å². The molecule has 0 saturated heterocycles. The predicted molar refractivity (Wildman–Crippen MR) is 54.0 cm³/mol. The van der Waals surface area contributed by atoms with Crippen LogP contribution in [0.1, 0.15) is 24.5 Å². The fraction of sp³-hybridized carbons (Fsp3) is 0.625. The molecule has 1 aromatic heterocycles. The van der Waals surface area contributed by atoms with Crippen LogP contribution < -0.4 is 11.1 Å². The number of nitrogen functional groups attached to an aromatic ring is 1. The first-order chi connectivity index (χ1) is 7.04. The van der Waals surface area contributed by atoms with Crippen LogP contribution in [0.25, 0.3) is 0 Å². The number of amides is 1. The van der Waals surface area contributed by atoms with Gasteiger partial charge in [-0.25, -0.2) is 0 Å². The second-order valence-corrected chi connectivity index (χ2v) is 3.55. The van der Waals surface area contributed by atoms with E-state index in [1.807, 2.05) is 13.8 Å². The highest BCUT2D eigenvalue weighted by Gasteiger charge is 2.18. The van der Waals surface area contributed by atoms with E-state index in [0.717, 1.165) is 0 Å². The van der Waals surface area contributed by atoms with Crippen LogP contribution in [0.2, 0.25) is 0 Å². The van der Waals surface area contributed by atoms with Crippen LogP contribution >= 0.6 is 0 Å². The Kier molecular flexibility index (Phi) is 3.62. The van der Waals surface area contributed by atoms with Crippen LogP contribution in [-0.4, -0.2) is 38.8 Å². The Morgan fingerprint density at radius 1 is 1.67 bits per heavy atom. The van der Waals surface area contributed by atoms with E-state index in [0.29, 0.717) is 0 Å². The number of H-pyrrole nitrogens is 1. The number of carbonyl (C=O) groups is 1. The number of carbonyl (C=O) groups excluding carboxylic acids is 1. The van der Waals surface area contributed by atoms with Gasteiger partial charge < -0.3 is 16.2 Å². The van der Waals surface area contributed by atoms with Crippen LogP contribution in [0.4, 0.5) is 5.95 Å². The van der Waals surface area contributed by atoms with E-state index < -0.39 is 5.91 Å². The van der Waals surface area contributed by atoms with E-state index >= 15 is 0 Å². The average molecular weight is 213 g/mol. The van der Waals surface area contributed by atoms with Crippen molar-refractivity contribution in [1.29, 1.82) is 0 Å². The Morgan fingerprint density at radius 3 is 2.73 bits per heavy atom. The van der Waals surface area contributed by atoms with Gasteiger partial charge in [0.05, 0.1) is 12.6 Å². The van der Waals surface area contributed by atoms with Gasteiger partial charge in [0.2, 0.25) is 11.8 Å². The van der Waals surface area contributed by atoms with Crippen molar-refractivity contribution in [3.63, 3.8) is 0 Å². The molecule has 1 rings (SSSR count). The Balaban J connectivity index is 2.62. The van der Waals surface area contributed by atoms with E-state index in [-0.39, 0.29) is 30.3 Å². The maximum atomic E-state index is 11.5. The summed E-state index contributed by atoms with van der Waals surface area (Å²) in [5, 5.41) is 17.6. The summed E-state index contributed by atoms with van der Waals surface area (Å²) in [6.45, 7) is 3.68. The molecule has 0 aromatic carbocycles. The van der Waals surface area contributed by atoms with Gasteiger partial charge >= 0.3 is 0 Å². The molecule has 1 amide bonds. The third-order valence-electron chi connectivity index (χ3n) is 2.04. The molecule has 1 heterocycles. The number of aliphatic hydroxyl groups excluding tert-OH is 1. The quantitative estimate of drug-likeness (QED) is 0.519. The van der Waals surface area contributed by atoms with Crippen molar-refractivity contribution in [3.8, 4) is 0 Å². The summed E-state index contributed by atoms with van der Waals surface area (Å²) in [7, 11) is 0. The van der Waals surface area contributed by atoms with Gasteiger partial charge in [-0.1, -0.05) is 13.8 Å². The maximum Gasteiger partial charge on any atom is 0.288 e. The summed E-state index contributed by atoms with van der Waals surface area (Å²) >= 11 is 0. The van der Waals surface area contributed by atoms with Crippen molar-refractivity contribution in [2.24, 2.45) is 5.92 Å². The van der Waals surface area contributed by atoms with Gasteiger partial charge in [-0.3, -0.25) is 9.89 Å². The van der Waals surface area contributed by atoms with Crippen molar-refractivity contribution in [2.45, 2.75) is 19.9 Å². The highest BCUT2D eigenvalue weighted by atomic mass is 16.3. The summed E-state index contributed by atoms with van der Waals surface area (Å²) in [6, 6.07) is -0.302. The van der Waals surface area contributed by atoms with E-state index in [4.69, 9.17) is 10.8 Å². The monoisotopic (exact) mass is 213 g/mol. The molecular weight excluding hydrogens is 198 g/mol. The SMILES string of the molecule is CC(C)[C@@H](CO)NC(=O)c1nc(N)n[nH]1. The smallest absolute Gasteiger partial charge is 0.288 e. The lowest BCUT2D eigenvalue weighted by molar-refractivity contribution is 0.0887. The summed E-state index contributed by atoms with van der Waals surface area (Å²) in [6.07, 6.45) is 0. The number of nitrogens with zero attached hydrogens (tertiary/aromatic N) is 2. The van der Waals surface area contributed by atoms with Gasteiger partial charge in [-0.2, -0.15) is 4.98 Å². The number of aromatic amines is 1. The molecule has 5 N–H and O–H groups in total. The second kappa shape index (κ2) is 4.74. The minimum Gasteiger partial charge on any atom is -0.394 e. The number of hydrogen-bond acceptors (Lipinski definition) is 5. The largest absolute Gasteiger partial charge is 0.394 e. The fourth-order valence-electron chi connectivity index (χ4n) is 1.04. The summed E-state index contributed by atoms with van der Waals surface area (Å²) in [4.78, 5) is 15.2. The van der Waals surface area contributed by atoms with Crippen LogP contribution in [0.5, 0.6) is 0 Å². The lowest BCUT2D eigenvalue weighted by atomic mass is 10.1. The predicted octanol–water partition coefficient (Wildman–Crippen LogP) is -0.866. The summed E-state index contributed by atoms with van der Waals surface area (Å²) in [5.74, 6) is -0.219. The third kappa shape index (κ3) is 2.91. The molecule has 0 unspecified atom stereocenters. The molecule has 0 spiro atoms. The molecule has 0 saturated carbocycles. The molecule has 15 heavy (non-hydrogen) atoms. The van der Waals surface area contributed by atoms with Crippen molar-refractivity contribution >= 4 is 11.9 Å². The van der Waals surface area contributed by atoms with E-state index in [2.05, 4.69) is 20.5 Å². The molecular formula is C8H15N5O2. The van der Waals surface area contributed by atoms with Crippen molar-refractivity contribution in [2.75, 3.05) is 12.3 Å². The average Bonchev–Trinajstić information content (AvgIpc) is 2.60. The first kappa shape index (κ1) is 11.4. The second-order valence-electron chi connectivity index (χ2n) is 3.55. The fourth-order valence-corrected chi connectivity index (χ4v) is 1.04. The maximum absolute atomic E-state index is 11.5. The number of aromatic nitrogens is 3. The Hall–Kier alpha value is -1.63. The Morgan fingerprint density at radius 2 is 2.33 bits per heavy atom. The Bertz CT molecular complexity index is 336. The third-order valence-corrected chi connectivity index (χ3v) is 2.04. The highest BCUT2D eigenvalue weighted by Crippen LogP contribution is 2.02. The lowest BCUT2D eigenvalue weighted by Gasteiger charge is -2.18. The van der Waals surface area contributed by atoms with Crippen LogP contribution in [0.3, 0.4) is 0 Å². The molecule has 84 valence electrons. The number of nitrogens with one attached hydrogen (secondary N) is 2. The van der Waals surface area contributed by atoms with E-state index in [1.165, 1.54) is 0 Å². The van der Waals surface area contributed by atoms with Crippen LogP contribution in [0.15, 0.2) is 0 Å². The van der Waals surface area contributed by atoms with E-state index in [9.17, 15) is 4.79 Å². The van der Waals surface area contributed by atoms with E-state index in [1.54, 1.807) is 0 Å². The van der Waals surface area contributed by atoms with Crippen LogP contribution in [-0.2, 0) is 0 Å². The molecule has 0 aliphatic carbocycles. The normalized spacial score (nSPS) is 12.8. The lowest BCUT2D eigenvalue weighted by Crippen LogP contribution is -2.41. The molecule has 0 radical (unpaired) electrons.